The van der Waals surface area contributed by atoms with Gasteiger partial charge in [0.05, 0.1) is 0 Å². The molecular formula is C5H7FeO15. The first kappa shape index (κ1) is 36.1. The zero-order valence-corrected chi connectivity index (χ0v) is 10.4. The van der Waals surface area contributed by atoms with Crippen LogP contribution < -0.4 is 15.3 Å². The molecule has 0 spiro atoms. The van der Waals surface area contributed by atoms with Crippen LogP contribution in [-0.2, 0) is 17.1 Å². The third-order valence-electron chi connectivity index (χ3n) is 0. The summed E-state index contributed by atoms with van der Waals surface area (Å²) in [6.07, 6.45) is -9.92. The van der Waals surface area contributed by atoms with Crippen molar-refractivity contribution in [2.24, 2.45) is 0 Å². The van der Waals surface area contributed by atoms with Gasteiger partial charge in [0.2, 0.25) is 6.16 Å². The summed E-state index contributed by atoms with van der Waals surface area (Å²) >= 11 is 0. The Morgan fingerprint density at radius 2 is 0.524 bits per heavy atom. The summed E-state index contributed by atoms with van der Waals surface area (Å²) in [6, 6.07) is 0. The third kappa shape index (κ3) is 381. The molecule has 7 N–H and O–H groups in total. The van der Waals surface area contributed by atoms with Gasteiger partial charge in [0.15, 0.2) is 0 Å². The van der Waals surface area contributed by atoms with Gasteiger partial charge in [0, 0.05) is 0 Å². The van der Waals surface area contributed by atoms with E-state index >= 15 is 0 Å². The zero-order chi connectivity index (χ0) is 17.9. The minimum absolute atomic E-state index is 0. The van der Waals surface area contributed by atoms with Crippen molar-refractivity contribution in [3.05, 3.63) is 0 Å². The molecule has 0 saturated heterocycles. The van der Waals surface area contributed by atoms with E-state index in [9.17, 15) is 0 Å². The van der Waals surface area contributed by atoms with Gasteiger partial charge in [0.25, 0.3) is 0 Å². The Kier molecular flexibility index (Phi) is 51.8. The second-order valence-electron chi connectivity index (χ2n) is 1.36. The fraction of sp³-hybridized carbons (Fsp3) is 0. The van der Waals surface area contributed by atoms with Gasteiger partial charge in [-0.2, -0.15) is 0 Å². The smallest absolute Gasteiger partial charge is 0.652 e. The van der Waals surface area contributed by atoms with E-state index < -0.39 is 30.8 Å². The predicted molar refractivity (Wildman–Crippen MR) is 45.4 cm³/mol. The molecule has 0 amide bonds. The van der Waals surface area contributed by atoms with E-state index in [2.05, 4.69) is 0 Å². The second-order valence-corrected chi connectivity index (χ2v) is 1.36. The molecule has 0 atom stereocenters. The van der Waals surface area contributed by atoms with Crippen molar-refractivity contribution in [3.63, 3.8) is 0 Å². The summed E-state index contributed by atoms with van der Waals surface area (Å²) in [5.74, 6) is 0. The molecule has 0 saturated carbocycles. The topological polar surface area (TPSA) is 296 Å². The van der Waals surface area contributed by atoms with Gasteiger partial charge in [-0.25, -0.2) is 14.4 Å². The second kappa shape index (κ2) is 30.2. The van der Waals surface area contributed by atoms with Gasteiger partial charge in [-0.15, -0.1) is 0 Å². The molecular weight excluding hydrogens is 356 g/mol. The maximum absolute atomic E-state index is 8.56. The molecule has 0 bridgehead atoms. The van der Waals surface area contributed by atoms with Crippen LogP contribution >= 0.6 is 0 Å². The van der Waals surface area contributed by atoms with E-state index in [1.807, 2.05) is 0 Å². The van der Waals surface area contributed by atoms with E-state index in [0.29, 0.717) is 0 Å². The van der Waals surface area contributed by atoms with E-state index in [0.717, 1.165) is 0 Å². The van der Waals surface area contributed by atoms with Crippen LogP contribution in [-0.4, -0.2) is 66.5 Å². The molecule has 0 aromatic rings. The summed E-state index contributed by atoms with van der Waals surface area (Å²) in [4.78, 5) is 42.4. The van der Waals surface area contributed by atoms with Crippen LogP contribution in [0.4, 0.5) is 24.0 Å². The van der Waals surface area contributed by atoms with Crippen LogP contribution in [0.25, 0.3) is 0 Å². The van der Waals surface area contributed by atoms with Gasteiger partial charge in [-0.05, 0) is 6.16 Å². The molecule has 125 valence electrons. The Balaban J connectivity index is -0.0000000331. The van der Waals surface area contributed by atoms with Crippen LogP contribution in [0.1, 0.15) is 0 Å². The molecule has 0 unspecified atom stereocenters. The third-order valence-corrected chi connectivity index (χ3v) is 0. The summed E-state index contributed by atoms with van der Waals surface area (Å²) in [5.41, 5.74) is 0. The van der Waals surface area contributed by atoms with Crippen molar-refractivity contribution in [1.82, 2.24) is 0 Å². The van der Waals surface area contributed by atoms with Crippen molar-refractivity contribution in [2.45, 2.75) is 0 Å². The van der Waals surface area contributed by atoms with Crippen LogP contribution in [0, 0.1) is 0 Å². The van der Waals surface area contributed by atoms with E-state index in [1.54, 1.807) is 0 Å². The summed E-state index contributed by atoms with van der Waals surface area (Å²) in [7, 11) is 0. The normalized spacial score (nSPS) is 5.71. The van der Waals surface area contributed by atoms with Gasteiger partial charge >= 0.3 is 35.5 Å². The monoisotopic (exact) mass is 363 g/mol. The minimum Gasteiger partial charge on any atom is -0.652 e. The predicted octanol–water partition coefficient (Wildman–Crippen LogP) is -2.89. The molecule has 0 aliphatic rings. The van der Waals surface area contributed by atoms with Crippen molar-refractivity contribution in [1.29, 1.82) is 0 Å². The van der Waals surface area contributed by atoms with Crippen molar-refractivity contribution in [2.75, 3.05) is 0 Å². The number of carbonyl (C=O) groups excluding carboxylic acids is 1. The Hall–Kier alpha value is -3.13. The van der Waals surface area contributed by atoms with Crippen LogP contribution in [0.5, 0.6) is 0 Å². The van der Waals surface area contributed by atoms with Gasteiger partial charge in [-0.1, -0.05) is 0 Å². The van der Waals surface area contributed by atoms with Gasteiger partial charge in [-0.3, -0.25) is 0 Å². The molecule has 16 heteroatoms. The first-order valence-corrected chi connectivity index (χ1v) is 3.20. The van der Waals surface area contributed by atoms with Crippen molar-refractivity contribution < 1.29 is 92.1 Å². The summed E-state index contributed by atoms with van der Waals surface area (Å²) in [5, 5.41) is 73.8. The van der Waals surface area contributed by atoms with E-state index in [-0.39, 0.29) is 17.1 Å². The number of hydrogen-bond acceptors (Lipinski definition) is 8. The standard InChI is InChI=1S/5CH2O3.Fe/c5*2-1(3)4;/h5*(H2,2,3,4);/q;;;;;+3/p-3. The first-order chi connectivity index (χ1) is 8.66. The van der Waals surface area contributed by atoms with Crippen molar-refractivity contribution in [3.8, 4) is 0 Å². The Morgan fingerprint density at radius 1 is 0.524 bits per heavy atom. The average Bonchev–Trinajstić information content (AvgIpc) is 1.94. The zero-order valence-electron chi connectivity index (χ0n) is 9.25. The van der Waals surface area contributed by atoms with Gasteiger partial charge in [0.1, 0.15) is 0 Å². The number of hydrogen-bond donors (Lipinski definition) is 7. The fourth-order valence-electron chi connectivity index (χ4n) is 0. The molecule has 0 aliphatic heterocycles. The van der Waals surface area contributed by atoms with Crippen LogP contribution in [0.15, 0.2) is 0 Å². The van der Waals surface area contributed by atoms with E-state index in [1.165, 1.54) is 0 Å². The maximum Gasteiger partial charge on any atom is 3.00 e. The average molecular weight is 363 g/mol. The summed E-state index contributed by atoms with van der Waals surface area (Å²) < 4.78 is 0. The molecule has 0 heterocycles. The molecule has 21 heavy (non-hydrogen) atoms. The quantitative estimate of drug-likeness (QED) is 0.212. The molecule has 0 rings (SSSR count). The number of rotatable bonds is 0. The summed E-state index contributed by atoms with van der Waals surface area (Å²) in [6.45, 7) is 0. The number of carboxylic acid groups (broad SMARTS) is 10. The largest absolute Gasteiger partial charge is 3.00 e. The molecule has 15 nitrogen and oxygen atoms in total. The Morgan fingerprint density at radius 3 is 0.524 bits per heavy atom. The molecule has 1 radical (unpaired) electrons. The minimum atomic E-state index is -2.33. The first-order valence-electron chi connectivity index (χ1n) is 3.20. The SMILES string of the molecule is O=C(O)O.O=C(O)O.O=C(O)O.O=C([O-])O.O=C([O-])[O-].[Fe+3]. The molecule has 0 aliphatic carbocycles. The molecule has 0 aromatic carbocycles. The molecule has 0 aromatic heterocycles. The van der Waals surface area contributed by atoms with Crippen LogP contribution in [0.2, 0.25) is 0 Å². The van der Waals surface area contributed by atoms with E-state index in [4.69, 9.17) is 75.0 Å². The van der Waals surface area contributed by atoms with Crippen LogP contribution in [0.3, 0.4) is 0 Å². The maximum atomic E-state index is 8.56. The molecule has 0 fully saturated rings. The fourth-order valence-corrected chi connectivity index (χ4v) is 0. The Labute approximate surface area is 124 Å². The van der Waals surface area contributed by atoms with Crippen molar-refractivity contribution >= 4 is 30.8 Å². The van der Waals surface area contributed by atoms with Gasteiger partial charge < -0.3 is 60.7 Å². The number of carbonyl (C=O) groups is 5. The Bertz CT molecular complexity index is 207.